The number of nitrogens with one attached hydrogen (secondary N) is 1. The molecule has 4 aromatic heterocycles. The maximum absolute atomic E-state index is 13.4. The van der Waals surface area contributed by atoms with Crippen molar-refractivity contribution in [2.45, 2.75) is 24.9 Å². The third-order valence-corrected chi connectivity index (χ3v) is 13.1. The Hall–Kier alpha value is -8.80. The first kappa shape index (κ1) is 45.6. The zero-order valence-corrected chi connectivity index (χ0v) is 39.5. The highest BCUT2D eigenvalue weighted by Crippen LogP contribution is 2.36. The number of aromatic nitrogens is 5. The number of nitrogens with two attached hydrogens (primary N) is 1. The number of aliphatic hydroxyl groups excluding tert-OH is 2. The number of nitrogens with zero attached hydrogens (tertiary/aromatic N) is 8. The molecule has 0 aliphatic carbocycles. The summed E-state index contributed by atoms with van der Waals surface area (Å²) < 4.78 is 10.7. The van der Waals surface area contributed by atoms with Gasteiger partial charge >= 0.3 is 11.6 Å². The standard InChI is InChI=1S/C56H46N10O6/c1-63-24-18-34(19-25-63)52-41-11-9-39(58-41)51(33-4-7-38(8-5-33)57-49(69)17-6-37-31-66(56(71)62-55(37)70)50-30-47(68)48(32-67)72-50)40-10-12-42(59-40)53(35-20-26-64(2)27-21-35)44-14-16-46(61-44)54(45-15-13-43(52)60-45)36-22-28-65(3)29-23-36/h4-29,31,47-48,50,67-68H,30,32H2,1-3H3,(H-2,57,58,59,60,61,62,69,70,71)/p+3/b17-6+,51-39?,51-40?,52-41?,52-43?,53-42?,53-44?,54-45?,54-46?/t47-,48+,50+/m0/s1. The quantitative estimate of drug-likeness (QED) is 0.0876. The number of benzene rings is 1. The van der Waals surface area contributed by atoms with E-state index in [1.165, 1.54) is 23.7 Å². The highest BCUT2D eigenvalue weighted by molar-refractivity contribution is 6.35. The van der Waals surface area contributed by atoms with Crippen LogP contribution in [0.15, 0.2) is 202 Å². The summed E-state index contributed by atoms with van der Waals surface area (Å²) in [7, 11) is 5.97. The summed E-state index contributed by atoms with van der Waals surface area (Å²) in [5.74, 6) is -0.945. The molecule has 16 nitrogen and oxygen atoms in total. The number of hydrogen-bond acceptors (Lipinski definition) is 10. The van der Waals surface area contributed by atoms with E-state index in [1.807, 2.05) is 109 Å². The zero-order chi connectivity index (χ0) is 49.6. The normalized spacial score (nSPS) is 20.3. The molecule has 1 saturated heterocycles. The maximum Gasteiger partial charge on any atom is 0.353 e. The van der Waals surface area contributed by atoms with Gasteiger partial charge in [-0.05, 0) is 76.9 Å². The van der Waals surface area contributed by atoms with E-state index >= 15 is 0 Å². The number of allylic oxidation sites excluding steroid dienone is 11. The highest BCUT2D eigenvalue weighted by atomic mass is 16.5. The van der Waals surface area contributed by atoms with Crippen molar-refractivity contribution in [3.8, 4) is 5.88 Å². The third-order valence-electron chi connectivity index (χ3n) is 13.1. The van der Waals surface area contributed by atoms with Crippen LogP contribution in [0.25, 0.3) is 22.8 Å². The summed E-state index contributed by atoms with van der Waals surface area (Å²) in [6, 6.07) is 20.0. The van der Waals surface area contributed by atoms with Crippen LogP contribution in [-0.4, -0.2) is 78.7 Å². The molecule has 6 aliphatic rings. The molecule has 0 unspecified atom stereocenters. The van der Waals surface area contributed by atoms with Gasteiger partial charge in [0, 0.05) is 103 Å². The van der Waals surface area contributed by atoms with Gasteiger partial charge in [-0.25, -0.2) is 39.0 Å². The summed E-state index contributed by atoms with van der Waals surface area (Å²) >= 11 is 0. The van der Waals surface area contributed by atoms with Crippen LogP contribution in [0.3, 0.4) is 0 Å². The SMILES string of the molecule is CN1C=CC(=C2C3=NC(=C(c4cc[n+](C)cc4)C4=[NH+]C(=C(c5ccc([NH2+]C(=O)/C=C/c6cn([C@H]7C[C@H](O)[C@@H](CO)O7)c(=O)nc6O)cc5)c5ccc([n-]5)C(c5cc[n+](C)cc5)=C5C=CC2=N5)C=C4)C=C3)C=C1. The second-order valence-electron chi connectivity index (χ2n) is 18.0. The summed E-state index contributed by atoms with van der Waals surface area (Å²) in [6.45, 7) is -0.424. The molecule has 72 heavy (non-hydrogen) atoms. The van der Waals surface area contributed by atoms with Crippen LogP contribution in [0.1, 0.15) is 46.3 Å². The summed E-state index contributed by atoms with van der Waals surface area (Å²) in [5, 5.41) is 31.7. The van der Waals surface area contributed by atoms with Crippen LogP contribution in [0, 0.1) is 0 Å². The second kappa shape index (κ2) is 18.8. The fourth-order valence-corrected chi connectivity index (χ4v) is 9.33. The first-order valence-electron chi connectivity index (χ1n) is 23.4. The number of fused-ring (bicyclic) bond motifs is 5. The number of hydrogen-bond donors (Lipinski definition) is 5. The second-order valence-corrected chi connectivity index (χ2v) is 18.0. The van der Waals surface area contributed by atoms with Crippen LogP contribution in [0.4, 0.5) is 5.69 Å². The van der Waals surface area contributed by atoms with E-state index in [9.17, 15) is 24.9 Å². The Bertz CT molecular complexity index is 3560. The minimum Gasteiger partial charge on any atom is -0.657 e. The number of aliphatic hydroxyl groups is 2. The molecule has 10 heterocycles. The van der Waals surface area contributed by atoms with Crippen molar-refractivity contribution in [1.29, 1.82) is 0 Å². The number of carbonyl (C=O) groups excluding carboxylic acids is 1. The number of rotatable bonds is 8. The van der Waals surface area contributed by atoms with Crippen molar-refractivity contribution in [2.75, 3.05) is 13.7 Å². The summed E-state index contributed by atoms with van der Waals surface area (Å²) in [4.78, 5) is 51.6. The lowest BCUT2D eigenvalue weighted by Crippen LogP contribution is -2.81. The molecule has 5 aromatic rings. The maximum atomic E-state index is 13.4. The number of aryl methyl sites for hydroxylation is 2. The van der Waals surface area contributed by atoms with Gasteiger partial charge in [0.05, 0.1) is 46.7 Å². The predicted molar refractivity (Wildman–Crippen MR) is 269 cm³/mol. The Morgan fingerprint density at radius 3 is 2.06 bits per heavy atom. The Morgan fingerprint density at radius 2 is 1.42 bits per heavy atom. The predicted octanol–water partition coefficient (Wildman–Crippen LogP) is 1.96. The molecular formula is C56H49N10O6+3. The smallest absolute Gasteiger partial charge is 0.353 e. The molecule has 6 aliphatic heterocycles. The molecule has 0 saturated carbocycles. The van der Waals surface area contributed by atoms with E-state index in [2.05, 4.69) is 82.9 Å². The average molecular weight is 958 g/mol. The van der Waals surface area contributed by atoms with E-state index in [-0.39, 0.29) is 17.9 Å². The van der Waals surface area contributed by atoms with Crippen molar-refractivity contribution >= 4 is 51.5 Å². The molecule has 0 spiro atoms. The van der Waals surface area contributed by atoms with Crippen molar-refractivity contribution in [2.24, 2.45) is 24.1 Å². The Balaban J connectivity index is 1.00. The number of carbonyl (C=O) groups is 1. The molecule has 1 aromatic carbocycles. The Labute approximate surface area is 413 Å². The number of quaternary nitrogens is 1. The van der Waals surface area contributed by atoms with E-state index in [1.54, 1.807) is 0 Å². The number of amides is 1. The number of primary amides is 1. The lowest BCUT2D eigenvalue weighted by molar-refractivity contribution is -0.671. The van der Waals surface area contributed by atoms with Gasteiger partial charge in [0.25, 0.3) is 0 Å². The highest BCUT2D eigenvalue weighted by Gasteiger charge is 2.35. The van der Waals surface area contributed by atoms with Gasteiger partial charge in [-0.2, -0.15) is 4.98 Å². The molecule has 11 rings (SSSR count). The van der Waals surface area contributed by atoms with E-state index < -0.39 is 36.6 Å². The number of aliphatic imine (C=N–C) groups is 2. The van der Waals surface area contributed by atoms with Gasteiger partial charge in [0.2, 0.25) is 17.3 Å². The monoisotopic (exact) mass is 957 g/mol. The summed E-state index contributed by atoms with van der Waals surface area (Å²) in [6.07, 6.45) is 29.9. The fraction of sp³-hybridized carbons (Fsp3) is 0.143. The molecule has 16 heteroatoms. The van der Waals surface area contributed by atoms with E-state index in [0.29, 0.717) is 5.69 Å². The molecule has 356 valence electrons. The molecule has 8 bridgehead atoms. The van der Waals surface area contributed by atoms with Gasteiger partial charge in [0.15, 0.2) is 24.8 Å². The molecule has 3 atom stereocenters. The molecule has 6 N–H and O–H groups in total. The van der Waals surface area contributed by atoms with Crippen molar-refractivity contribution in [1.82, 2.24) is 19.4 Å². The van der Waals surface area contributed by atoms with Crippen LogP contribution >= 0.6 is 0 Å². The van der Waals surface area contributed by atoms with Gasteiger partial charge < -0.3 is 29.9 Å². The van der Waals surface area contributed by atoms with Crippen LogP contribution < -0.4 is 30.1 Å². The average Bonchev–Trinajstić information content (AvgIpc) is 4.25. The fourth-order valence-electron chi connectivity index (χ4n) is 9.33. The van der Waals surface area contributed by atoms with Gasteiger partial charge in [0.1, 0.15) is 32.1 Å². The lowest BCUT2D eigenvalue weighted by atomic mass is 9.97. The first-order valence-corrected chi connectivity index (χ1v) is 23.4. The summed E-state index contributed by atoms with van der Waals surface area (Å²) in [5.41, 5.74) is 13.5. The molecule has 1 amide bonds. The van der Waals surface area contributed by atoms with Gasteiger partial charge in [-0.15, -0.1) is 11.4 Å². The topological polar surface area (TPSA) is 202 Å². The van der Waals surface area contributed by atoms with E-state index in [4.69, 9.17) is 19.7 Å². The molecule has 1 fully saturated rings. The lowest BCUT2D eigenvalue weighted by Gasteiger charge is -2.18. The van der Waals surface area contributed by atoms with Crippen LogP contribution in [0.5, 0.6) is 5.88 Å². The molecular weight excluding hydrogens is 909 g/mol. The number of aromatic hydroxyl groups is 1. The van der Waals surface area contributed by atoms with Crippen LogP contribution in [-0.2, 0) is 23.6 Å². The number of pyridine rings is 2. The Kier molecular flexibility index (Phi) is 11.9. The van der Waals surface area contributed by atoms with Gasteiger partial charge in [-0.3, -0.25) is 4.57 Å². The zero-order valence-electron chi connectivity index (χ0n) is 39.5. The minimum absolute atomic E-state index is 0.0452. The first-order chi connectivity index (χ1) is 35.0. The largest absolute Gasteiger partial charge is 0.657 e. The van der Waals surface area contributed by atoms with Crippen molar-refractivity contribution < 1.29 is 44.3 Å². The minimum atomic E-state index is -0.981. The third kappa shape index (κ3) is 8.86. The molecule has 0 radical (unpaired) electrons. The Morgan fingerprint density at radius 1 is 0.806 bits per heavy atom. The van der Waals surface area contributed by atoms with Crippen LogP contribution in [0.2, 0.25) is 0 Å². The van der Waals surface area contributed by atoms with E-state index in [0.717, 1.165) is 94.7 Å². The number of ether oxygens (including phenoxy) is 1. The van der Waals surface area contributed by atoms with Crippen molar-refractivity contribution in [3.05, 3.63) is 231 Å². The van der Waals surface area contributed by atoms with Crippen molar-refractivity contribution in [3.63, 3.8) is 0 Å². The van der Waals surface area contributed by atoms with Gasteiger partial charge in [-0.1, -0.05) is 12.1 Å².